The van der Waals surface area contributed by atoms with Crippen LogP contribution in [0.25, 0.3) is 21.5 Å². The Balaban J connectivity index is 1.17. The van der Waals surface area contributed by atoms with E-state index in [0.717, 1.165) is 48.7 Å². The molecule has 2 aromatic heterocycles. The zero-order chi connectivity index (χ0) is 23.3. The number of fused-ring (bicyclic) bond motifs is 2. The molecule has 0 fully saturated rings. The molecule has 5 rings (SSSR count). The molecule has 5 heteroatoms. The molecule has 0 N–H and O–H groups in total. The molecule has 0 bridgehead atoms. The Morgan fingerprint density at radius 1 is 0.971 bits per heavy atom. The molecule has 4 aromatic rings. The number of thiazole rings is 1. The van der Waals surface area contributed by atoms with Crippen molar-refractivity contribution in [3.63, 3.8) is 0 Å². The number of rotatable bonds is 10. The van der Waals surface area contributed by atoms with E-state index < -0.39 is 0 Å². The monoisotopic (exact) mass is 474 g/mol. The average Bonchev–Trinajstić information content (AvgIpc) is 3.48. The molecular weight excluding hydrogens is 440 g/mol. The molecule has 178 valence electrons. The van der Waals surface area contributed by atoms with Crippen LogP contribution in [-0.4, -0.2) is 22.8 Å². The van der Waals surface area contributed by atoms with Gasteiger partial charge in [-0.1, -0.05) is 13.3 Å². The second-order valence-corrected chi connectivity index (χ2v) is 10.1. The molecule has 0 saturated carbocycles. The maximum Gasteiger partial charge on any atom is 0.123 e. The van der Waals surface area contributed by atoms with E-state index >= 15 is 0 Å². The molecule has 1 aliphatic carbocycles. The van der Waals surface area contributed by atoms with Gasteiger partial charge in [0.1, 0.15) is 16.5 Å². The van der Waals surface area contributed by atoms with Crippen molar-refractivity contribution in [2.75, 3.05) is 13.2 Å². The van der Waals surface area contributed by atoms with Gasteiger partial charge in [0, 0.05) is 40.5 Å². The van der Waals surface area contributed by atoms with Crippen LogP contribution in [0.3, 0.4) is 0 Å². The normalized spacial score (nSPS) is 13.2. The van der Waals surface area contributed by atoms with Crippen LogP contribution in [0.5, 0.6) is 11.5 Å². The third-order valence-electron chi connectivity index (χ3n) is 6.57. The maximum atomic E-state index is 6.19. The lowest BCUT2D eigenvalue weighted by molar-refractivity contribution is 0.246. The van der Waals surface area contributed by atoms with E-state index in [1.54, 1.807) is 0 Å². The Morgan fingerprint density at radius 3 is 2.71 bits per heavy atom. The smallest absolute Gasteiger partial charge is 0.123 e. The lowest BCUT2D eigenvalue weighted by Gasteiger charge is -2.13. The van der Waals surface area contributed by atoms with Gasteiger partial charge in [0.2, 0.25) is 0 Å². The van der Waals surface area contributed by atoms with E-state index in [4.69, 9.17) is 14.5 Å². The van der Waals surface area contributed by atoms with Crippen LogP contribution in [0.1, 0.15) is 55.7 Å². The van der Waals surface area contributed by atoms with Crippen LogP contribution in [0.2, 0.25) is 0 Å². The van der Waals surface area contributed by atoms with Gasteiger partial charge < -0.3 is 14.0 Å². The number of hydrogen-bond donors (Lipinski definition) is 0. The second-order valence-electron chi connectivity index (χ2n) is 9.04. The van der Waals surface area contributed by atoms with Gasteiger partial charge in [0.05, 0.1) is 18.9 Å². The first kappa shape index (κ1) is 23.0. The molecule has 2 aromatic carbocycles. The van der Waals surface area contributed by atoms with Crippen molar-refractivity contribution in [3.05, 3.63) is 64.8 Å². The SMILES string of the molecule is CCCc1cc(-c2nc3c(s2)CCCC3)ccc1OCCCOc1ccc2c(ccn2CC)c1. The molecular formula is C29H34N2O2S. The van der Waals surface area contributed by atoms with E-state index in [9.17, 15) is 0 Å². The van der Waals surface area contributed by atoms with Gasteiger partial charge >= 0.3 is 0 Å². The molecule has 0 unspecified atom stereocenters. The summed E-state index contributed by atoms with van der Waals surface area (Å²) in [4.78, 5) is 6.44. The standard InChI is InChI=1S/C29H34N2O2S/c1-3-8-22-19-23(29-30-25-9-5-6-10-28(25)34-29)11-14-27(22)33-18-7-17-32-24-12-13-26-21(20-24)15-16-31(26)4-2/h11-16,19-20H,3-10,17-18H2,1-2H3. The Hall–Kier alpha value is -2.79. The van der Waals surface area contributed by atoms with Crippen LogP contribution in [0.15, 0.2) is 48.7 Å². The van der Waals surface area contributed by atoms with Crippen molar-refractivity contribution in [1.82, 2.24) is 9.55 Å². The number of hydrogen-bond acceptors (Lipinski definition) is 4. The highest BCUT2D eigenvalue weighted by Crippen LogP contribution is 2.35. The summed E-state index contributed by atoms with van der Waals surface area (Å²) < 4.78 is 14.4. The summed E-state index contributed by atoms with van der Waals surface area (Å²) >= 11 is 1.88. The molecule has 2 heterocycles. The lowest BCUT2D eigenvalue weighted by atomic mass is 10.0. The third-order valence-corrected chi connectivity index (χ3v) is 7.78. The highest BCUT2D eigenvalue weighted by atomic mass is 32.1. The van der Waals surface area contributed by atoms with Crippen LogP contribution >= 0.6 is 11.3 Å². The van der Waals surface area contributed by atoms with Crippen LogP contribution < -0.4 is 9.47 Å². The van der Waals surface area contributed by atoms with E-state index in [-0.39, 0.29) is 0 Å². The zero-order valence-electron chi connectivity index (χ0n) is 20.3. The van der Waals surface area contributed by atoms with Gasteiger partial charge in [-0.15, -0.1) is 11.3 Å². The minimum Gasteiger partial charge on any atom is -0.493 e. The molecule has 0 saturated heterocycles. The first-order chi connectivity index (χ1) is 16.7. The first-order valence-electron chi connectivity index (χ1n) is 12.7. The van der Waals surface area contributed by atoms with Gasteiger partial charge in [-0.2, -0.15) is 0 Å². The van der Waals surface area contributed by atoms with E-state index in [2.05, 4.69) is 67.1 Å². The first-order valence-corrected chi connectivity index (χ1v) is 13.5. The fraction of sp³-hybridized carbons (Fsp3) is 0.414. The van der Waals surface area contributed by atoms with Gasteiger partial charge in [-0.25, -0.2) is 4.98 Å². The summed E-state index contributed by atoms with van der Waals surface area (Å²) in [5.74, 6) is 1.91. The Labute approximate surface area is 206 Å². The number of ether oxygens (including phenoxy) is 2. The Bertz CT molecular complexity index is 1230. The van der Waals surface area contributed by atoms with Crippen LogP contribution in [0.4, 0.5) is 0 Å². The molecule has 34 heavy (non-hydrogen) atoms. The minimum atomic E-state index is 0.645. The largest absolute Gasteiger partial charge is 0.493 e. The highest BCUT2D eigenvalue weighted by Gasteiger charge is 2.17. The minimum absolute atomic E-state index is 0.645. The molecule has 1 aliphatic rings. The fourth-order valence-electron chi connectivity index (χ4n) is 4.77. The molecule has 4 nitrogen and oxygen atoms in total. The van der Waals surface area contributed by atoms with Gasteiger partial charge in [0.15, 0.2) is 0 Å². The Morgan fingerprint density at radius 2 is 1.85 bits per heavy atom. The summed E-state index contributed by atoms with van der Waals surface area (Å²) in [6.45, 7) is 6.66. The number of benzene rings is 2. The van der Waals surface area contributed by atoms with Gasteiger partial charge in [-0.05, 0) is 87.1 Å². The Kier molecular flexibility index (Phi) is 7.19. The van der Waals surface area contributed by atoms with E-state index in [1.807, 2.05) is 11.3 Å². The lowest BCUT2D eigenvalue weighted by Crippen LogP contribution is -2.06. The second kappa shape index (κ2) is 10.6. The predicted octanol–water partition coefficient (Wildman–Crippen LogP) is 7.46. The summed E-state index contributed by atoms with van der Waals surface area (Å²) in [5.41, 5.74) is 5.08. The quantitative estimate of drug-likeness (QED) is 0.224. The fourth-order valence-corrected chi connectivity index (χ4v) is 5.91. The van der Waals surface area contributed by atoms with Crippen molar-refractivity contribution in [1.29, 1.82) is 0 Å². The van der Waals surface area contributed by atoms with Crippen molar-refractivity contribution < 1.29 is 9.47 Å². The number of aromatic nitrogens is 2. The molecule has 0 amide bonds. The summed E-state index contributed by atoms with van der Waals surface area (Å²) in [5, 5.41) is 2.39. The molecule has 0 aliphatic heterocycles. The third kappa shape index (κ3) is 5.00. The van der Waals surface area contributed by atoms with Crippen molar-refractivity contribution in [2.24, 2.45) is 0 Å². The van der Waals surface area contributed by atoms with Crippen molar-refractivity contribution >= 4 is 22.2 Å². The molecule has 0 spiro atoms. The zero-order valence-corrected chi connectivity index (χ0v) is 21.1. The van der Waals surface area contributed by atoms with Gasteiger partial charge in [-0.3, -0.25) is 0 Å². The number of nitrogens with zero attached hydrogens (tertiary/aromatic N) is 2. The van der Waals surface area contributed by atoms with Crippen molar-refractivity contribution in [2.45, 2.75) is 65.3 Å². The molecule has 0 atom stereocenters. The van der Waals surface area contributed by atoms with Crippen LogP contribution in [0, 0.1) is 0 Å². The summed E-state index contributed by atoms with van der Waals surface area (Å²) in [7, 11) is 0. The van der Waals surface area contributed by atoms with Crippen LogP contribution in [-0.2, 0) is 25.8 Å². The average molecular weight is 475 g/mol. The van der Waals surface area contributed by atoms with Crippen molar-refractivity contribution in [3.8, 4) is 22.1 Å². The summed E-state index contributed by atoms with van der Waals surface area (Å²) in [6, 6.07) is 15.1. The molecule has 0 radical (unpaired) electrons. The maximum absolute atomic E-state index is 6.19. The highest BCUT2D eigenvalue weighted by molar-refractivity contribution is 7.15. The van der Waals surface area contributed by atoms with E-state index in [1.165, 1.54) is 51.9 Å². The number of aryl methyl sites for hydroxylation is 4. The summed E-state index contributed by atoms with van der Waals surface area (Å²) in [6.07, 6.45) is 9.99. The topological polar surface area (TPSA) is 36.3 Å². The van der Waals surface area contributed by atoms with E-state index in [0.29, 0.717) is 13.2 Å². The van der Waals surface area contributed by atoms with Gasteiger partial charge in [0.25, 0.3) is 0 Å². The predicted molar refractivity (Wildman–Crippen MR) is 141 cm³/mol.